The van der Waals surface area contributed by atoms with Crippen LogP contribution in [0.3, 0.4) is 0 Å². The van der Waals surface area contributed by atoms with Gasteiger partial charge in [-0.1, -0.05) is 36.4 Å². The van der Waals surface area contributed by atoms with Crippen molar-refractivity contribution in [3.63, 3.8) is 0 Å². The third-order valence-electron chi connectivity index (χ3n) is 1.90. The first-order valence-electron chi connectivity index (χ1n) is 4.34. The Hall–Kier alpha value is -1.37. The largest absolute Gasteiger partial charge is 0.289 e. The molecule has 0 aliphatic heterocycles. The van der Waals surface area contributed by atoms with Crippen LogP contribution in [0.15, 0.2) is 41.2 Å². The number of rotatable bonds is 2. The highest BCUT2D eigenvalue weighted by Gasteiger charge is 1.99. The molecule has 0 saturated carbocycles. The van der Waals surface area contributed by atoms with Gasteiger partial charge >= 0.3 is 0 Å². The lowest BCUT2D eigenvalue weighted by molar-refractivity contribution is 1.13. The van der Waals surface area contributed by atoms with Gasteiger partial charge in [0, 0.05) is 5.56 Å². The number of aryl methyl sites for hydroxylation is 1. The average Bonchev–Trinajstić information content (AvgIpc) is 2.19. The molecule has 0 heterocycles. The summed E-state index contributed by atoms with van der Waals surface area (Å²) in [6, 6.07) is 7.49. The second kappa shape index (κ2) is 4.04. The molecule has 13 heavy (non-hydrogen) atoms. The molecule has 0 aliphatic carbocycles. The molecule has 1 heteroatoms. The summed E-state index contributed by atoms with van der Waals surface area (Å²) >= 11 is 0. The minimum Gasteiger partial charge on any atom is -0.289 e. The first-order chi connectivity index (χ1) is 6.11. The molecular formula is C12H14O. The van der Waals surface area contributed by atoms with Crippen molar-refractivity contribution in [3.05, 3.63) is 57.8 Å². The van der Waals surface area contributed by atoms with Gasteiger partial charge in [0.05, 0.1) is 0 Å². The molecule has 0 atom stereocenters. The minimum absolute atomic E-state index is 0.132. The molecule has 1 rings (SSSR count). The zero-order valence-electron chi connectivity index (χ0n) is 8.13. The van der Waals surface area contributed by atoms with Crippen LogP contribution in [0.4, 0.5) is 0 Å². The van der Waals surface area contributed by atoms with Crippen LogP contribution in [0.1, 0.15) is 18.1 Å². The van der Waals surface area contributed by atoms with Crippen LogP contribution in [0.5, 0.6) is 0 Å². The second-order valence-corrected chi connectivity index (χ2v) is 3.39. The number of hydrogen-bond donors (Lipinski definition) is 0. The van der Waals surface area contributed by atoms with Crippen molar-refractivity contribution < 1.29 is 0 Å². The molecule has 68 valence electrons. The van der Waals surface area contributed by atoms with Gasteiger partial charge in [-0.05, 0) is 25.8 Å². The van der Waals surface area contributed by atoms with Crippen LogP contribution >= 0.6 is 0 Å². The van der Waals surface area contributed by atoms with Crippen LogP contribution in [-0.2, 0) is 6.42 Å². The minimum atomic E-state index is 0.132. The molecule has 0 fully saturated rings. The Morgan fingerprint density at radius 2 is 2.00 bits per heavy atom. The number of allylic oxidation sites excluding steroid dienone is 1. The van der Waals surface area contributed by atoms with E-state index in [4.69, 9.17) is 0 Å². The van der Waals surface area contributed by atoms with Gasteiger partial charge in [-0.25, -0.2) is 0 Å². The maximum Gasteiger partial charge on any atom is 0.185 e. The predicted octanol–water partition coefficient (Wildman–Crippen LogP) is 2.47. The van der Waals surface area contributed by atoms with Crippen molar-refractivity contribution in [1.82, 2.24) is 0 Å². The fourth-order valence-electron chi connectivity index (χ4n) is 1.24. The van der Waals surface area contributed by atoms with E-state index in [-0.39, 0.29) is 5.43 Å². The predicted molar refractivity (Wildman–Crippen MR) is 56.0 cm³/mol. The van der Waals surface area contributed by atoms with Crippen molar-refractivity contribution in [2.45, 2.75) is 20.3 Å². The summed E-state index contributed by atoms with van der Waals surface area (Å²) in [5.41, 5.74) is 2.77. The fraction of sp³-hybridized carbons (Fsp3) is 0.250. The van der Waals surface area contributed by atoms with Gasteiger partial charge in [-0.3, -0.25) is 4.79 Å². The summed E-state index contributed by atoms with van der Waals surface area (Å²) in [5.74, 6) is 0. The van der Waals surface area contributed by atoms with Crippen LogP contribution in [0.25, 0.3) is 0 Å². The van der Waals surface area contributed by atoms with E-state index in [1.807, 2.05) is 38.1 Å². The molecule has 0 saturated heterocycles. The Morgan fingerprint density at radius 1 is 1.38 bits per heavy atom. The summed E-state index contributed by atoms with van der Waals surface area (Å²) in [4.78, 5) is 11.7. The average molecular weight is 174 g/mol. The monoisotopic (exact) mass is 174 g/mol. The lowest BCUT2D eigenvalue weighted by Crippen LogP contribution is -2.08. The molecule has 0 aromatic heterocycles. The smallest absolute Gasteiger partial charge is 0.185 e. The fourth-order valence-corrected chi connectivity index (χ4v) is 1.24. The van der Waals surface area contributed by atoms with Gasteiger partial charge in [0.15, 0.2) is 5.43 Å². The second-order valence-electron chi connectivity index (χ2n) is 3.39. The van der Waals surface area contributed by atoms with Crippen LogP contribution in [-0.4, -0.2) is 0 Å². The lowest BCUT2D eigenvalue weighted by Gasteiger charge is -1.95. The van der Waals surface area contributed by atoms with Gasteiger partial charge < -0.3 is 0 Å². The van der Waals surface area contributed by atoms with Crippen LogP contribution in [0, 0.1) is 6.92 Å². The van der Waals surface area contributed by atoms with E-state index in [0.717, 1.165) is 16.7 Å². The Kier molecular flexibility index (Phi) is 3.02. The van der Waals surface area contributed by atoms with Gasteiger partial charge in [0.2, 0.25) is 0 Å². The van der Waals surface area contributed by atoms with E-state index in [1.165, 1.54) is 0 Å². The highest BCUT2D eigenvalue weighted by atomic mass is 16.1. The molecule has 0 radical (unpaired) electrons. The molecule has 0 N–H and O–H groups in total. The number of hydrogen-bond acceptors (Lipinski definition) is 1. The van der Waals surface area contributed by atoms with Crippen molar-refractivity contribution in [2.75, 3.05) is 0 Å². The summed E-state index contributed by atoms with van der Waals surface area (Å²) in [6.07, 6.45) is 0.675. The van der Waals surface area contributed by atoms with E-state index < -0.39 is 0 Å². The third kappa shape index (κ3) is 2.55. The van der Waals surface area contributed by atoms with Crippen molar-refractivity contribution in [1.29, 1.82) is 0 Å². The van der Waals surface area contributed by atoms with Gasteiger partial charge in [-0.2, -0.15) is 0 Å². The zero-order valence-corrected chi connectivity index (χ0v) is 8.13. The molecule has 0 aliphatic rings. The lowest BCUT2D eigenvalue weighted by atomic mass is 10.1. The van der Waals surface area contributed by atoms with Gasteiger partial charge in [0.25, 0.3) is 0 Å². The van der Waals surface area contributed by atoms with Crippen LogP contribution < -0.4 is 5.43 Å². The maximum absolute atomic E-state index is 11.7. The van der Waals surface area contributed by atoms with E-state index >= 15 is 0 Å². The summed E-state index contributed by atoms with van der Waals surface area (Å²) in [7, 11) is 0. The summed E-state index contributed by atoms with van der Waals surface area (Å²) in [6.45, 7) is 7.57. The van der Waals surface area contributed by atoms with E-state index in [9.17, 15) is 4.79 Å². The molecule has 0 bridgehead atoms. The quantitative estimate of drug-likeness (QED) is 0.629. The Labute approximate surface area is 78.7 Å². The first kappa shape index (κ1) is 9.72. The highest BCUT2D eigenvalue weighted by Crippen LogP contribution is 2.01. The van der Waals surface area contributed by atoms with Gasteiger partial charge in [0.1, 0.15) is 0 Å². The zero-order chi connectivity index (χ0) is 9.84. The highest BCUT2D eigenvalue weighted by molar-refractivity contribution is 5.24. The summed E-state index contributed by atoms with van der Waals surface area (Å²) < 4.78 is 0. The van der Waals surface area contributed by atoms with Crippen molar-refractivity contribution in [3.8, 4) is 0 Å². The Morgan fingerprint density at radius 3 is 2.62 bits per heavy atom. The third-order valence-corrected chi connectivity index (χ3v) is 1.90. The first-order valence-corrected chi connectivity index (χ1v) is 4.34. The molecule has 0 unspecified atom stereocenters. The Balaban J connectivity index is 3.24. The molecular weight excluding hydrogens is 160 g/mol. The van der Waals surface area contributed by atoms with E-state index in [1.54, 1.807) is 0 Å². The molecule has 0 amide bonds. The standard InChI is InChI=1S/C12H14O/c1-9(2)8-11-7-5-4-6-10(3)12(11)13/h4-7H,1,8H2,2-3H3. The Bertz CT molecular complexity index is 377. The SMILES string of the molecule is C=C(C)Cc1ccccc(C)c1=O. The molecule has 1 aromatic rings. The van der Waals surface area contributed by atoms with E-state index in [2.05, 4.69) is 6.58 Å². The van der Waals surface area contributed by atoms with Crippen molar-refractivity contribution >= 4 is 0 Å². The normalized spacial score (nSPS) is 9.69. The van der Waals surface area contributed by atoms with Crippen molar-refractivity contribution in [2.24, 2.45) is 0 Å². The topological polar surface area (TPSA) is 17.1 Å². The molecule has 1 nitrogen and oxygen atoms in total. The summed E-state index contributed by atoms with van der Waals surface area (Å²) in [5, 5.41) is 0. The molecule has 1 aromatic carbocycles. The maximum atomic E-state index is 11.7. The van der Waals surface area contributed by atoms with E-state index in [0.29, 0.717) is 6.42 Å². The van der Waals surface area contributed by atoms with Gasteiger partial charge in [-0.15, -0.1) is 0 Å². The molecule has 0 spiro atoms. The van der Waals surface area contributed by atoms with Crippen LogP contribution in [0.2, 0.25) is 0 Å².